The Morgan fingerprint density at radius 2 is 1.88 bits per heavy atom. The first-order chi connectivity index (χ1) is 11.9. The molecule has 0 atom stereocenters. The summed E-state index contributed by atoms with van der Waals surface area (Å²) in [4.78, 5) is 38.3. The Bertz CT molecular complexity index is 656. The molecular weight excluding hydrogens is 328 g/mol. The molecule has 2 rings (SSSR count). The summed E-state index contributed by atoms with van der Waals surface area (Å²) >= 11 is 0. The fraction of sp³-hybridized carbons (Fsp3) is 0.500. The van der Waals surface area contributed by atoms with E-state index in [9.17, 15) is 14.4 Å². The largest absolute Gasteiger partial charge is 0.474 e. The van der Waals surface area contributed by atoms with Crippen LogP contribution in [0.25, 0.3) is 0 Å². The van der Waals surface area contributed by atoms with Crippen LogP contribution in [0.15, 0.2) is 12.3 Å². The maximum atomic E-state index is 11.5. The summed E-state index contributed by atoms with van der Waals surface area (Å²) in [5, 5.41) is 2.42. The topological polar surface area (TPSA) is 133 Å². The van der Waals surface area contributed by atoms with Gasteiger partial charge in [-0.3, -0.25) is 19.8 Å². The summed E-state index contributed by atoms with van der Waals surface area (Å²) in [6, 6.07) is 1.68. The number of aromatic nitrogens is 1. The average Bonchev–Trinajstić information content (AvgIpc) is 2.63. The van der Waals surface area contributed by atoms with E-state index in [0.717, 1.165) is 25.7 Å². The van der Waals surface area contributed by atoms with Crippen LogP contribution in [0, 0.1) is 12.8 Å². The summed E-state index contributed by atoms with van der Waals surface area (Å²) in [6.07, 6.45) is 4.34. The summed E-state index contributed by atoms with van der Waals surface area (Å²) in [6.45, 7) is 1.76. The van der Waals surface area contributed by atoms with Crippen LogP contribution in [0.1, 0.15) is 31.2 Å². The number of methoxy groups -OCH3 is 1. The van der Waals surface area contributed by atoms with Crippen LogP contribution in [0.2, 0.25) is 0 Å². The fourth-order valence-electron chi connectivity index (χ4n) is 2.72. The Kier molecular flexibility index (Phi) is 6.29. The summed E-state index contributed by atoms with van der Waals surface area (Å²) in [5.41, 5.74) is 2.86. The highest BCUT2D eigenvalue weighted by Crippen LogP contribution is 2.28. The predicted molar refractivity (Wildman–Crippen MR) is 88.3 cm³/mol. The maximum Gasteiger partial charge on any atom is 0.323 e. The van der Waals surface area contributed by atoms with Crippen LogP contribution in [-0.4, -0.2) is 36.0 Å². The molecule has 0 bridgehead atoms. The number of nitrogens with two attached hydrogens (primary N) is 1. The van der Waals surface area contributed by atoms with Gasteiger partial charge < -0.3 is 14.8 Å². The minimum Gasteiger partial charge on any atom is -0.474 e. The third kappa shape index (κ3) is 4.90. The van der Waals surface area contributed by atoms with E-state index in [0.29, 0.717) is 17.1 Å². The molecule has 1 saturated carbocycles. The molecule has 1 aromatic rings. The highest BCUT2D eigenvalue weighted by atomic mass is 16.5. The van der Waals surface area contributed by atoms with E-state index < -0.39 is 11.8 Å². The Labute approximate surface area is 145 Å². The fourth-order valence-corrected chi connectivity index (χ4v) is 2.72. The molecule has 2 amide bonds. The zero-order valence-electron chi connectivity index (χ0n) is 14.2. The molecule has 1 aromatic heterocycles. The second kappa shape index (κ2) is 8.43. The molecule has 1 aliphatic rings. The van der Waals surface area contributed by atoms with Crippen LogP contribution in [0.5, 0.6) is 5.88 Å². The predicted octanol–water partition coefficient (Wildman–Crippen LogP) is 0.429. The van der Waals surface area contributed by atoms with Gasteiger partial charge in [-0.1, -0.05) is 0 Å². The van der Waals surface area contributed by atoms with E-state index in [1.54, 1.807) is 18.4 Å². The number of anilines is 1. The van der Waals surface area contributed by atoms with Crippen molar-refractivity contribution in [1.82, 2.24) is 10.4 Å². The van der Waals surface area contributed by atoms with Gasteiger partial charge in [-0.25, -0.2) is 10.8 Å². The number of nitrogens with one attached hydrogen (secondary N) is 2. The van der Waals surface area contributed by atoms with Gasteiger partial charge >= 0.3 is 17.8 Å². The van der Waals surface area contributed by atoms with E-state index in [4.69, 9.17) is 15.3 Å². The van der Waals surface area contributed by atoms with Gasteiger partial charge in [0.25, 0.3) is 0 Å². The van der Waals surface area contributed by atoms with Crippen molar-refractivity contribution < 1.29 is 23.9 Å². The number of esters is 1. The lowest BCUT2D eigenvalue weighted by atomic mass is 9.87. The third-order valence-electron chi connectivity index (χ3n) is 4.17. The monoisotopic (exact) mass is 350 g/mol. The number of nitrogens with zero attached hydrogens (tertiary/aromatic N) is 1. The van der Waals surface area contributed by atoms with Gasteiger partial charge in [0, 0.05) is 6.07 Å². The smallest absolute Gasteiger partial charge is 0.323 e. The third-order valence-corrected chi connectivity index (χ3v) is 4.17. The first-order valence-electron chi connectivity index (χ1n) is 7.97. The number of aryl methyl sites for hydroxylation is 1. The van der Waals surface area contributed by atoms with Crippen LogP contribution < -0.4 is 21.3 Å². The number of rotatable bonds is 4. The number of hydrogen-bond acceptors (Lipinski definition) is 7. The van der Waals surface area contributed by atoms with Crippen LogP contribution in [-0.2, 0) is 19.1 Å². The molecule has 0 spiro atoms. The number of amides is 2. The highest BCUT2D eigenvalue weighted by Gasteiger charge is 2.28. The molecular formula is C16H22N4O5. The molecule has 0 unspecified atom stereocenters. The maximum absolute atomic E-state index is 11.5. The number of hydrogen-bond donors (Lipinski definition) is 3. The summed E-state index contributed by atoms with van der Waals surface area (Å²) in [7, 11) is 1.40. The zero-order chi connectivity index (χ0) is 18.4. The standard InChI is InChI=1S/C16H22N4O5/c1-9-7-13(18-8-12(9)19-14(21)15(22)20-17)25-11-5-3-10(4-6-11)16(23)24-2/h7-8,10-11H,3-6,17H2,1-2H3,(H,19,21)(H,20,22). The van der Waals surface area contributed by atoms with Crippen molar-refractivity contribution in [1.29, 1.82) is 0 Å². The molecule has 9 heteroatoms. The van der Waals surface area contributed by atoms with Crippen molar-refractivity contribution in [2.45, 2.75) is 38.7 Å². The number of pyridine rings is 1. The van der Waals surface area contributed by atoms with Crippen LogP contribution >= 0.6 is 0 Å². The number of ether oxygens (including phenoxy) is 2. The zero-order valence-corrected chi connectivity index (χ0v) is 14.2. The summed E-state index contributed by atoms with van der Waals surface area (Å²) < 4.78 is 10.6. The second-order valence-corrected chi connectivity index (χ2v) is 5.88. The lowest BCUT2D eigenvalue weighted by molar-refractivity contribution is -0.147. The molecule has 9 nitrogen and oxygen atoms in total. The Hall–Kier alpha value is -2.68. The van der Waals surface area contributed by atoms with E-state index in [1.165, 1.54) is 13.3 Å². The number of carbonyl (C=O) groups excluding carboxylic acids is 3. The van der Waals surface area contributed by atoms with Crippen molar-refractivity contribution >= 4 is 23.5 Å². The van der Waals surface area contributed by atoms with E-state index in [2.05, 4.69) is 10.3 Å². The number of hydrazine groups is 1. The SMILES string of the molecule is COC(=O)C1CCC(Oc2cc(C)c(NC(=O)C(=O)NN)cn2)CC1. The van der Waals surface area contributed by atoms with Gasteiger partial charge in [-0.2, -0.15) is 0 Å². The van der Waals surface area contributed by atoms with Gasteiger partial charge in [0.1, 0.15) is 6.10 Å². The van der Waals surface area contributed by atoms with E-state index >= 15 is 0 Å². The van der Waals surface area contributed by atoms with Gasteiger partial charge in [0.15, 0.2) is 0 Å². The van der Waals surface area contributed by atoms with Crippen molar-refractivity contribution in [2.24, 2.45) is 11.8 Å². The first-order valence-corrected chi connectivity index (χ1v) is 7.97. The van der Waals surface area contributed by atoms with Crippen LogP contribution in [0.3, 0.4) is 0 Å². The first kappa shape index (κ1) is 18.7. The van der Waals surface area contributed by atoms with E-state index in [1.807, 2.05) is 0 Å². The Balaban J connectivity index is 1.92. The molecule has 25 heavy (non-hydrogen) atoms. The van der Waals surface area contributed by atoms with Gasteiger partial charge in [-0.15, -0.1) is 0 Å². The minimum absolute atomic E-state index is 0.0173. The second-order valence-electron chi connectivity index (χ2n) is 5.88. The molecule has 0 aliphatic heterocycles. The van der Waals surface area contributed by atoms with Crippen molar-refractivity contribution in [3.8, 4) is 5.88 Å². The van der Waals surface area contributed by atoms with Gasteiger partial charge in [0.2, 0.25) is 5.88 Å². The molecule has 0 aromatic carbocycles. The molecule has 1 heterocycles. The van der Waals surface area contributed by atoms with Gasteiger partial charge in [0.05, 0.1) is 24.9 Å². The highest BCUT2D eigenvalue weighted by molar-refractivity contribution is 6.39. The molecule has 136 valence electrons. The van der Waals surface area contributed by atoms with Gasteiger partial charge in [-0.05, 0) is 38.2 Å². The van der Waals surface area contributed by atoms with Crippen molar-refractivity contribution in [3.05, 3.63) is 17.8 Å². The lowest BCUT2D eigenvalue weighted by Gasteiger charge is -2.27. The normalized spacial score (nSPS) is 19.6. The quantitative estimate of drug-likeness (QED) is 0.236. The Morgan fingerprint density at radius 1 is 1.20 bits per heavy atom. The lowest BCUT2D eigenvalue weighted by Crippen LogP contribution is -2.39. The molecule has 4 N–H and O–H groups in total. The van der Waals surface area contributed by atoms with E-state index in [-0.39, 0.29) is 18.0 Å². The Morgan fingerprint density at radius 3 is 2.44 bits per heavy atom. The van der Waals surface area contributed by atoms with Crippen molar-refractivity contribution in [2.75, 3.05) is 12.4 Å². The number of carbonyl (C=O) groups is 3. The average molecular weight is 350 g/mol. The van der Waals surface area contributed by atoms with Crippen molar-refractivity contribution in [3.63, 3.8) is 0 Å². The molecule has 0 radical (unpaired) electrons. The van der Waals surface area contributed by atoms with Crippen LogP contribution in [0.4, 0.5) is 5.69 Å². The molecule has 1 aliphatic carbocycles. The molecule has 1 fully saturated rings. The minimum atomic E-state index is -0.943. The summed E-state index contributed by atoms with van der Waals surface area (Å²) in [5.74, 6) is 3.28. The molecule has 0 saturated heterocycles.